The second kappa shape index (κ2) is 11.1. The number of pyridine rings is 1. The Balaban J connectivity index is 1.30. The first-order valence-corrected chi connectivity index (χ1v) is 12.6. The van der Waals surface area contributed by atoms with Gasteiger partial charge in [-0.1, -0.05) is 13.8 Å². The molecule has 0 aliphatic heterocycles. The van der Waals surface area contributed by atoms with Crippen LogP contribution < -0.4 is 15.7 Å². The normalized spacial score (nSPS) is 22.0. The van der Waals surface area contributed by atoms with Gasteiger partial charge in [0.1, 0.15) is 6.10 Å². The van der Waals surface area contributed by atoms with E-state index in [2.05, 4.69) is 29.0 Å². The minimum absolute atomic E-state index is 0.0224. The van der Waals surface area contributed by atoms with E-state index in [0.29, 0.717) is 18.0 Å². The third-order valence-electron chi connectivity index (χ3n) is 7.24. The van der Waals surface area contributed by atoms with Gasteiger partial charge in [-0.2, -0.15) is 0 Å². The lowest BCUT2D eigenvalue weighted by Gasteiger charge is -2.30. The van der Waals surface area contributed by atoms with Crippen molar-refractivity contribution in [1.29, 1.82) is 0 Å². The second-order valence-corrected chi connectivity index (χ2v) is 9.22. The Labute approximate surface area is 191 Å². The highest BCUT2D eigenvalue weighted by atomic mass is 16.5. The Morgan fingerprint density at radius 2 is 1.81 bits per heavy atom. The molecule has 2 aliphatic carbocycles. The molecule has 2 aromatic rings. The number of nitrogens with zero attached hydrogens (tertiary/aromatic N) is 4. The number of rotatable bonds is 10. The molecule has 2 aliphatic rings. The Bertz CT molecular complexity index is 872. The van der Waals surface area contributed by atoms with Crippen molar-refractivity contribution in [1.82, 2.24) is 24.3 Å². The molecule has 0 bridgehead atoms. The first-order chi connectivity index (χ1) is 15.7. The van der Waals surface area contributed by atoms with Crippen molar-refractivity contribution in [2.24, 2.45) is 0 Å². The lowest BCUT2D eigenvalue weighted by molar-refractivity contribution is 0.201. The van der Waals surface area contributed by atoms with Crippen LogP contribution in [0, 0.1) is 0 Å². The molecule has 0 spiro atoms. The topological polar surface area (TPSA) is 64.3 Å². The zero-order valence-corrected chi connectivity index (χ0v) is 19.7. The maximum absolute atomic E-state index is 13.1. The zero-order chi connectivity index (χ0) is 22.3. The van der Waals surface area contributed by atoms with E-state index in [-0.39, 0.29) is 11.7 Å². The lowest BCUT2D eigenvalue weighted by atomic mass is 9.91. The fraction of sp³-hybridized carbons (Fsp3) is 0.680. The van der Waals surface area contributed by atoms with Crippen molar-refractivity contribution in [2.75, 3.05) is 26.2 Å². The molecule has 2 heterocycles. The summed E-state index contributed by atoms with van der Waals surface area (Å²) in [6, 6.07) is 4.66. The highest BCUT2D eigenvalue weighted by Gasteiger charge is 2.24. The van der Waals surface area contributed by atoms with Crippen molar-refractivity contribution in [3.63, 3.8) is 0 Å². The average molecular weight is 442 g/mol. The molecule has 32 heavy (non-hydrogen) atoms. The van der Waals surface area contributed by atoms with Crippen molar-refractivity contribution < 1.29 is 4.74 Å². The first-order valence-electron chi connectivity index (χ1n) is 12.6. The molecule has 0 aromatic carbocycles. The molecule has 0 atom stereocenters. The Hall–Kier alpha value is -2.12. The lowest BCUT2D eigenvalue weighted by Crippen LogP contribution is -2.40. The van der Waals surface area contributed by atoms with Gasteiger partial charge in [0.05, 0.1) is 11.9 Å². The van der Waals surface area contributed by atoms with Gasteiger partial charge in [-0.15, -0.1) is 0 Å². The van der Waals surface area contributed by atoms with Gasteiger partial charge in [0, 0.05) is 43.6 Å². The second-order valence-electron chi connectivity index (χ2n) is 9.22. The van der Waals surface area contributed by atoms with Gasteiger partial charge in [-0.3, -0.25) is 9.13 Å². The summed E-state index contributed by atoms with van der Waals surface area (Å²) in [5.41, 5.74) is 0.813. The summed E-state index contributed by atoms with van der Waals surface area (Å²) in [5.74, 6) is 0.653. The maximum atomic E-state index is 13.1. The van der Waals surface area contributed by atoms with Crippen LogP contribution in [0.2, 0.25) is 0 Å². The Morgan fingerprint density at radius 3 is 2.47 bits per heavy atom. The number of nitrogens with one attached hydrogen (secondary N) is 1. The fourth-order valence-corrected chi connectivity index (χ4v) is 5.15. The van der Waals surface area contributed by atoms with Gasteiger partial charge >= 0.3 is 5.69 Å². The van der Waals surface area contributed by atoms with E-state index in [1.807, 2.05) is 29.1 Å². The molecule has 0 unspecified atom stereocenters. The minimum Gasteiger partial charge on any atom is -0.474 e. The Morgan fingerprint density at radius 1 is 1.06 bits per heavy atom. The van der Waals surface area contributed by atoms with E-state index in [1.165, 1.54) is 12.8 Å². The smallest absolute Gasteiger partial charge is 0.333 e. The number of hydrogen-bond acceptors (Lipinski definition) is 5. The molecule has 2 saturated carbocycles. The fourth-order valence-electron chi connectivity index (χ4n) is 5.15. The van der Waals surface area contributed by atoms with Gasteiger partial charge < -0.3 is 15.0 Å². The quantitative estimate of drug-likeness (QED) is 0.608. The van der Waals surface area contributed by atoms with Gasteiger partial charge in [0.2, 0.25) is 5.88 Å². The van der Waals surface area contributed by atoms with Crippen LogP contribution in [0.4, 0.5) is 0 Å². The van der Waals surface area contributed by atoms with Crippen LogP contribution in [0.25, 0.3) is 5.69 Å². The van der Waals surface area contributed by atoms with Crippen LogP contribution in [0.5, 0.6) is 5.88 Å². The van der Waals surface area contributed by atoms with Crippen LogP contribution in [-0.2, 0) is 0 Å². The highest BCUT2D eigenvalue weighted by Crippen LogP contribution is 2.28. The molecule has 176 valence electrons. The van der Waals surface area contributed by atoms with Crippen LogP contribution in [0.3, 0.4) is 0 Å². The number of imidazole rings is 1. The van der Waals surface area contributed by atoms with E-state index in [9.17, 15) is 4.79 Å². The van der Waals surface area contributed by atoms with E-state index >= 15 is 0 Å². The number of ether oxygens (including phenoxy) is 1. The van der Waals surface area contributed by atoms with Crippen molar-refractivity contribution >= 4 is 0 Å². The molecule has 7 heteroatoms. The van der Waals surface area contributed by atoms with E-state index in [4.69, 9.17) is 4.74 Å². The molecular formula is C25H39N5O2. The SMILES string of the molecule is CCN(CC)CCNC1CCC(n2ccn(-c3ccc(OC4CCCC4)nc3)c2=O)CC1. The van der Waals surface area contributed by atoms with E-state index in [0.717, 1.165) is 70.4 Å². The number of hydrogen-bond donors (Lipinski definition) is 1. The molecule has 7 nitrogen and oxygen atoms in total. The van der Waals surface area contributed by atoms with Crippen molar-refractivity contribution in [3.8, 4) is 11.6 Å². The minimum atomic E-state index is 0.0224. The predicted octanol–water partition coefficient (Wildman–Crippen LogP) is 3.77. The highest BCUT2D eigenvalue weighted by molar-refractivity contribution is 5.31. The largest absolute Gasteiger partial charge is 0.474 e. The monoisotopic (exact) mass is 441 g/mol. The Kier molecular flexibility index (Phi) is 8.03. The average Bonchev–Trinajstić information content (AvgIpc) is 3.47. The third kappa shape index (κ3) is 5.62. The number of aromatic nitrogens is 3. The molecule has 0 radical (unpaired) electrons. The maximum Gasteiger partial charge on any atom is 0.333 e. The van der Waals surface area contributed by atoms with Crippen molar-refractivity contribution in [3.05, 3.63) is 41.2 Å². The summed E-state index contributed by atoms with van der Waals surface area (Å²) >= 11 is 0. The summed E-state index contributed by atoms with van der Waals surface area (Å²) in [6.45, 7) is 8.79. The predicted molar refractivity (Wildman–Crippen MR) is 128 cm³/mol. The molecule has 0 saturated heterocycles. The van der Waals surface area contributed by atoms with Gasteiger partial charge in [-0.05, 0) is 70.5 Å². The summed E-state index contributed by atoms with van der Waals surface area (Å²) in [5, 5.41) is 3.71. The van der Waals surface area contributed by atoms with Gasteiger partial charge in [-0.25, -0.2) is 9.78 Å². The molecule has 4 rings (SSSR count). The summed E-state index contributed by atoms with van der Waals surface area (Å²) < 4.78 is 9.56. The molecule has 2 fully saturated rings. The standard InChI is InChI=1S/C25H39N5O2/c1-3-28(4-2)16-15-26-20-9-11-21(12-10-20)29-17-18-30(25(29)31)22-13-14-24(27-19-22)32-23-7-5-6-8-23/h13-14,17-21,23,26H,3-12,15-16H2,1-2H3. The van der Waals surface area contributed by atoms with Crippen molar-refractivity contribution in [2.45, 2.75) is 83.4 Å². The zero-order valence-electron chi connectivity index (χ0n) is 19.7. The van der Waals surface area contributed by atoms with Crippen LogP contribution in [0.15, 0.2) is 35.5 Å². The van der Waals surface area contributed by atoms with Crippen LogP contribution in [-0.4, -0.2) is 57.3 Å². The van der Waals surface area contributed by atoms with Crippen LogP contribution in [0.1, 0.15) is 71.3 Å². The molecular weight excluding hydrogens is 402 g/mol. The number of likely N-dealkylation sites (N-methyl/N-ethyl adjacent to an activating group) is 1. The van der Waals surface area contributed by atoms with Gasteiger partial charge in [0.15, 0.2) is 0 Å². The van der Waals surface area contributed by atoms with Crippen LogP contribution >= 0.6 is 0 Å². The van der Waals surface area contributed by atoms with E-state index in [1.54, 1.807) is 10.8 Å². The molecule has 2 aromatic heterocycles. The molecule has 0 amide bonds. The summed E-state index contributed by atoms with van der Waals surface area (Å²) in [4.78, 5) is 20.0. The first kappa shape index (κ1) is 23.1. The third-order valence-corrected chi connectivity index (χ3v) is 7.24. The van der Waals surface area contributed by atoms with Gasteiger partial charge in [0.25, 0.3) is 0 Å². The summed E-state index contributed by atoms with van der Waals surface area (Å²) in [6.07, 6.45) is 14.9. The van der Waals surface area contributed by atoms with E-state index < -0.39 is 0 Å². The molecule has 1 N–H and O–H groups in total. The summed E-state index contributed by atoms with van der Waals surface area (Å²) in [7, 11) is 0.